The van der Waals surface area contributed by atoms with Crippen molar-refractivity contribution < 1.29 is 19.2 Å². The average Bonchev–Trinajstić information content (AvgIpc) is 2.63. The van der Waals surface area contributed by atoms with Crippen LogP contribution in [0.3, 0.4) is 0 Å². The van der Waals surface area contributed by atoms with Gasteiger partial charge in [0.05, 0.1) is 26.2 Å². The summed E-state index contributed by atoms with van der Waals surface area (Å²) in [4.78, 5) is 35.0. The van der Waals surface area contributed by atoms with Crippen LogP contribution in [0.25, 0.3) is 0 Å². The van der Waals surface area contributed by atoms with Gasteiger partial charge in [0, 0.05) is 24.9 Å². The van der Waals surface area contributed by atoms with Gasteiger partial charge in [0.2, 0.25) is 0 Å². The van der Waals surface area contributed by atoms with Crippen molar-refractivity contribution in [2.24, 2.45) is 0 Å². The van der Waals surface area contributed by atoms with Crippen LogP contribution in [0, 0.1) is 10.1 Å². The number of nitro benzene ring substituents is 1. The Hall–Kier alpha value is -2.84. The predicted molar refractivity (Wildman–Crippen MR) is 103 cm³/mol. The zero-order chi connectivity index (χ0) is 20.1. The van der Waals surface area contributed by atoms with E-state index in [1.54, 1.807) is 25.2 Å². The zero-order valence-electron chi connectivity index (χ0n) is 14.3. The van der Waals surface area contributed by atoms with E-state index in [1.165, 1.54) is 19.1 Å². The van der Waals surface area contributed by atoms with Crippen LogP contribution in [0.4, 0.5) is 17.1 Å². The Labute approximate surface area is 164 Å². The molecular formula is C17H15Cl2N3O5. The molecule has 2 rings (SSSR count). The van der Waals surface area contributed by atoms with Crippen molar-refractivity contribution in [2.45, 2.75) is 13.0 Å². The monoisotopic (exact) mass is 411 g/mol. The maximum atomic E-state index is 12.4. The lowest BCUT2D eigenvalue weighted by atomic mass is 10.1. The first kappa shape index (κ1) is 20.5. The summed E-state index contributed by atoms with van der Waals surface area (Å²) in [5, 5.41) is 16.6. The lowest BCUT2D eigenvalue weighted by Gasteiger charge is -2.16. The number of rotatable bonds is 6. The molecule has 0 aliphatic carbocycles. The number of hydrogen-bond donors (Lipinski definition) is 2. The molecule has 0 bridgehead atoms. The first-order chi connectivity index (χ1) is 12.7. The van der Waals surface area contributed by atoms with Gasteiger partial charge in [-0.2, -0.15) is 0 Å². The van der Waals surface area contributed by atoms with Crippen LogP contribution in [0.1, 0.15) is 17.3 Å². The minimum atomic E-state index is -1.20. The third kappa shape index (κ3) is 4.87. The second-order valence-corrected chi connectivity index (χ2v) is 6.18. The van der Waals surface area contributed by atoms with Crippen LogP contribution < -0.4 is 10.6 Å². The van der Waals surface area contributed by atoms with Gasteiger partial charge < -0.3 is 15.4 Å². The second-order valence-electron chi connectivity index (χ2n) is 5.37. The standard InChI is InChI=1S/C17H15Cl2N3O5/c1-9(16(23)21-15-12(18)4-3-5-13(15)19)27-17(24)11-8-10(22(25)26)6-7-14(11)20-2/h3-9,20H,1-2H3,(H,21,23)/t9-/m1/s1. The molecule has 0 saturated carbocycles. The predicted octanol–water partition coefficient (Wildman–Crippen LogP) is 4.13. The third-order valence-electron chi connectivity index (χ3n) is 3.57. The number of nitro groups is 1. The summed E-state index contributed by atoms with van der Waals surface area (Å²) in [5.41, 5.74) is 0.176. The average molecular weight is 412 g/mol. The van der Waals surface area contributed by atoms with E-state index in [1.807, 2.05) is 0 Å². The number of nitrogens with zero attached hydrogens (tertiary/aromatic N) is 1. The van der Waals surface area contributed by atoms with E-state index in [0.29, 0.717) is 5.69 Å². The first-order valence-electron chi connectivity index (χ1n) is 7.66. The fourth-order valence-corrected chi connectivity index (χ4v) is 2.64. The summed E-state index contributed by atoms with van der Waals surface area (Å²) in [7, 11) is 1.55. The topological polar surface area (TPSA) is 111 Å². The fraction of sp³-hybridized carbons (Fsp3) is 0.176. The first-order valence-corrected chi connectivity index (χ1v) is 8.42. The van der Waals surface area contributed by atoms with E-state index in [2.05, 4.69) is 10.6 Å². The van der Waals surface area contributed by atoms with Gasteiger partial charge in [-0.3, -0.25) is 14.9 Å². The van der Waals surface area contributed by atoms with Gasteiger partial charge in [0.25, 0.3) is 11.6 Å². The van der Waals surface area contributed by atoms with Crippen LogP contribution in [0.5, 0.6) is 0 Å². The Morgan fingerprint density at radius 3 is 2.37 bits per heavy atom. The molecule has 2 aromatic carbocycles. The number of nitrogens with one attached hydrogen (secondary N) is 2. The molecule has 0 spiro atoms. The normalized spacial score (nSPS) is 11.4. The highest BCUT2D eigenvalue weighted by molar-refractivity contribution is 6.39. The van der Waals surface area contributed by atoms with Crippen molar-refractivity contribution in [1.29, 1.82) is 0 Å². The van der Waals surface area contributed by atoms with E-state index >= 15 is 0 Å². The number of benzene rings is 2. The van der Waals surface area contributed by atoms with Crippen LogP contribution >= 0.6 is 23.2 Å². The number of carbonyl (C=O) groups excluding carboxylic acids is 2. The summed E-state index contributed by atoms with van der Waals surface area (Å²) in [6.07, 6.45) is -1.20. The molecule has 2 N–H and O–H groups in total. The van der Waals surface area contributed by atoms with Gasteiger partial charge in [0.1, 0.15) is 0 Å². The van der Waals surface area contributed by atoms with Crippen molar-refractivity contribution in [2.75, 3.05) is 17.7 Å². The number of esters is 1. The highest BCUT2D eigenvalue weighted by Gasteiger charge is 2.23. The zero-order valence-corrected chi connectivity index (χ0v) is 15.8. The van der Waals surface area contributed by atoms with Gasteiger partial charge in [-0.25, -0.2) is 4.79 Å². The van der Waals surface area contributed by atoms with Gasteiger partial charge >= 0.3 is 5.97 Å². The Bertz CT molecular complexity index is 884. The smallest absolute Gasteiger partial charge is 0.341 e. The Balaban J connectivity index is 2.16. The van der Waals surface area contributed by atoms with E-state index in [4.69, 9.17) is 27.9 Å². The maximum Gasteiger partial charge on any atom is 0.341 e. The van der Waals surface area contributed by atoms with Gasteiger partial charge in [-0.1, -0.05) is 29.3 Å². The number of amides is 1. The lowest BCUT2D eigenvalue weighted by Crippen LogP contribution is -2.30. The van der Waals surface area contributed by atoms with E-state index < -0.39 is 22.9 Å². The molecule has 0 heterocycles. The van der Waals surface area contributed by atoms with E-state index in [-0.39, 0.29) is 27.0 Å². The third-order valence-corrected chi connectivity index (χ3v) is 4.20. The highest BCUT2D eigenvalue weighted by Crippen LogP contribution is 2.30. The molecule has 1 amide bonds. The molecule has 0 fully saturated rings. The fourth-order valence-electron chi connectivity index (χ4n) is 2.15. The van der Waals surface area contributed by atoms with Crippen LogP contribution in [0.2, 0.25) is 10.0 Å². The second kappa shape index (κ2) is 8.70. The number of ether oxygens (including phenoxy) is 1. The van der Waals surface area contributed by atoms with E-state index in [0.717, 1.165) is 6.07 Å². The van der Waals surface area contributed by atoms with Gasteiger partial charge in [0.15, 0.2) is 6.10 Å². The molecule has 142 valence electrons. The minimum Gasteiger partial charge on any atom is -0.449 e. The molecule has 0 saturated heterocycles. The molecule has 0 aliphatic heterocycles. The van der Waals surface area contributed by atoms with Crippen molar-refractivity contribution in [3.05, 3.63) is 62.1 Å². The minimum absolute atomic E-state index is 0.0675. The quantitative estimate of drug-likeness (QED) is 0.419. The molecule has 1 atom stereocenters. The molecule has 0 unspecified atom stereocenters. The van der Waals surface area contributed by atoms with Crippen LogP contribution in [-0.4, -0.2) is 30.0 Å². The largest absolute Gasteiger partial charge is 0.449 e. The number of para-hydroxylation sites is 1. The van der Waals surface area contributed by atoms with Crippen molar-refractivity contribution in [3.8, 4) is 0 Å². The number of hydrogen-bond acceptors (Lipinski definition) is 6. The molecule has 2 aromatic rings. The van der Waals surface area contributed by atoms with E-state index in [9.17, 15) is 19.7 Å². The maximum absolute atomic E-state index is 12.4. The summed E-state index contributed by atoms with van der Waals surface area (Å²) in [6.45, 7) is 1.36. The summed E-state index contributed by atoms with van der Waals surface area (Å²) < 4.78 is 5.13. The van der Waals surface area contributed by atoms with Gasteiger partial charge in [-0.05, 0) is 25.1 Å². The number of carbonyl (C=O) groups is 2. The number of non-ortho nitro benzene ring substituents is 1. The summed E-state index contributed by atoms with van der Waals surface area (Å²) in [6, 6.07) is 8.40. The summed E-state index contributed by atoms with van der Waals surface area (Å²) in [5.74, 6) is -1.55. The number of anilines is 2. The number of halogens is 2. The lowest BCUT2D eigenvalue weighted by molar-refractivity contribution is -0.384. The molecule has 8 nitrogen and oxygen atoms in total. The molecule has 0 radical (unpaired) electrons. The van der Waals surface area contributed by atoms with Crippen molar-refractivity contribution in [3.63, 3.8) is 0 Å². The highest BCUT2D eigenvalue weighted by atomic mass is 35.5. The Morgan fingerprint density at radius 1 is 1.19 bits per heavy atom. The molecule has 27 heavy (non-hydrogen) atoms. The SMILES string of the molecule is CNc1ccc([N+](=O)[O-])cc1C(=O)O[C@H](C)C(=O)Nc1c(Cl)cccc1Cl. The molecule has 0 aromatic heterocycles. The van der Waals surface area contributed by atoms with Crippen LogP contribution in [-0.2, 0) is 9.53 Å². The summed E-state index contributed by atoms with van der Waals surface area (Å²) >= 11 is 12.0. The molecule has 10 heteroatoms. The van der Waals surface area contributed by atoms with Crippen molar-refractivity contribution in [1.82, 2.24) is 0 Å². The Morgan fingerprint density at radius 2 is 1.81 bits per heavy atom. The Kier molecular flexibility index (Phi) is 6.59. The van der Waals surface area contributed by atoms with Crippen LogP contribution in [0.15, 0.2) is 36.4 Å². The van der Waals surface area contributed by atoms with Crippen molar-refractivity contribution >= 4 is 52.1 Å². The molecule has 0 aliphatic rings. The van der Waals surface area contributed by atoms with Gasteiger partial charge in [-0.15, -0.1) is 0 Å². The molecular weight excluding hydrogens is 397 g/mol.